The number of carbonyl (C=O) groups excluding carboxylic acids is 5. The number of nitrogens with one attached hydrogen (secondary N) is 3. The van der Waals surface area contributed by atoms with Crippen molar-refractivity contribution in [3.8, 4) is 22.5 Å². The fraction of sp³-hybridized carbons (Fsp3) is 0.239. The Morgan fingerprint density at radius 3 is 1.74 bits per heavy atom. The second-order valence-corrected chi connectivity index (χ2v) is 17.2. The predicted molar refractivity (Wildman–Crippen MR) is 246 cm³/mol. The molecule has 4 fully saturated rings. The third kappa shape index (κ3) is 11.5. The van der Waals surface area contributed by atoms with Gasteiger partial charge in [0.25, 0.3) is 22.3 Å². The summed E-state index contributed by atoms with van der Waals surface area (Å²) in [5, 5.41) is 6.90. The van der Waals surface area contributed by atoms with Crippen LogP contribution in [0.1, 0.15) is 29.5 Å². The number of rotatable bonds is 8. The van der Waals surface area contributed by atoms with E-state index in [1.165, 1.54) is 30.6 Å². The Bertz CT molecular complexity index is 2700. The first-order valence-electron chi connectivity index (χ1n) is 20.8. The maximum absolute atomic E-state index is 14.8. The van der Waals surface area contributed by atoms with Crippen LogP contribution in [0.3, 0.4) is 0 Å². The molecule has 0 atom stereocenters. The van der Waals surface area contributed by atoms with Crippen molar-refractivity contribution in [2.75, 3.05) is 62.2 Å². The molecule has 9 rings (SSSR count). The van der Waals surface area contributed by atoms with Crippen molar-refractivity contribution in [2.45, 2.75) is 19.3 Å². The van der Waals surface area contributed by atoms with Gasteiger partial charge in [0.2, 0.25) is 5.91 Å². The zero-order chi connectivity index (χ0) is 45.3. The first-order valence-corrected chi connectivity index (χ1v) is 22.5. The van der Waals surface area contributed by atoms with E-state index in [-0.39, 0.29) is 21.3 Å². The number of imide groups is 2. The van der Waals surface area contributed by atoms with Crippen molar-refractivity contribution in [1.29, 1.82) is 0 Å². The second kappa shape index (κ2) is 20.8. The molecule has 3 N–H and O–H groups in total. The summed E-state index contributed by atoms with van der Waals surface area (Å²) in [6, 6.07) is 18.6. The molecule has 4 saturated heterocycles. The Morgan fingerprint density at radius 2 is 1.18 bits per heavy atom. The lowest BCUT2D eigenvalue weighted by Crippen LogP contribution is -2.36. The van der Waals surface area contributed by atoms with E-state index in [0.29, 0.717) is 72.3 Å². The van der Waals surface area contributed by atoms with Crippen LogP contribution in [0.4, 0.5) is 30.0 Å². The highest BCUT2D eigenvalue weighted by Gasteiger charge is 2.27. The number of halogens is 2. The number of hydrogen-bond donors (Lipinski definition) is 3. The molecule has 0 unspecified atom stereocenters. The average molecular weight is 917 g/mol. The van der Waals surface area contributed by atoms with Crippen LogP contribution in [0, 0.1) is 11.6 Å². The standard InChI is InChI=1S/C27H24FN5O3S.C19H18FN5O2S/c28-21-8-7-19(14-23-26(35)31-27(36)37-23)13-20(21)22-16-29-17-24(30-22)32-9-4-10-33(12-11-32)25(34)15-18-5-2-1-3-6-18;20-14-3-2-12(9-16-18(26)24-19(27)28-16)8-13(14)15-10-22-11-17(23-15)25-6-1-4-21-5-7-25/h1-3,5-8,13-14,16-17H,4,9-12,15H2,(H,31,35,36);2-3,8-11,21H,1,4-7H2,(H,24,26,27)/b23-14-;16-9-. The fourth-order valence-corrected chi connectivity index (χ4v) is 8.80. The van der Waals surface area contributed by atoms with Crippen molar-refractivity contribution >= 4 is 75.5 Å². The molecule has 2 aromatic heterocycles. The minimum atomic E-state index is -0.472. The lowest BCUT2D eigenvalue weighted by Gasteiger charge is -2.23. The Morgan fingerprint density at radius 1 is 0.631 bits per heavy atom. The van der Waals surface area contributed by atoms with E-state index < -0.39 is 33.9 Å². The lowest BCUT2D eigenvalue weighted by molar-refractivity contribution is -0.130. The molecular formula is C46H42F2N10O5S2. The monoisotopic (exact) mass is 916 g/mol. The second-order valence-electron chi connectivity index (χ2n) is 15.2. The van der Waals surface area contributed by atoms with Crippen LogP contribution in [0.5, 0.6) is 0 Å². The number of thioether (sulfide) groups is 2. The first-order chi connectivity index (χ1) is 31.6. The average Bonchev–Trinajstić information content (AvgIpc) is 3.55. The van der Waals surface area contributed by atoms with E-state index in [0.717, 1.165) is 68.1 Å². The summed E-state index contributed by atoms with van der Waals surface area (Å²) in [5.41, 5.74) is 3.49. The Hall–Kier alpha value is -6.83. The fourth-order valence-electron chi connectivity index (χ4n) is 7.43. The lowest BCUT2D eigenvalue weighted by atomic mass is 10.1. The van der Waals surface area contributed by atoms with Crippen LogP contribution in [-0.4, -0.2) is 105 Å². The first kappa shape index (κ1) is 44.8. The number of carbonyl (C=O) groups is 5. The summed E-state index contributed by atoms with van der Waals surface area (Å²) in [7, 11) is 0. The van der Waals surface area contributed by atoms with Gasteiger partial charge in [0.1, 0.15) is 23.3 Å². The van der Waals surface area contributed by atoms with Crippen molar-refractivity contribution in [3.05, 3.63) is 130 Å². The molecule has 6 heterocycles. The van der Waals surface area contributed by atoms with E-state index in [2.05, 4.69) is 45.7 Å². The van der Waals surface area contributed by atoms with Gasteiger partial charge in [0, 0.05) is 56.9 Å². The van der Waals surface area contributed by atoms with Crippen molar-refractivity contribution in [2.24, 2.45) is 0 Å². The summed E-state index contributed by atoms with van der Waals surface area (Å²) in [6.45, 7) is 6.01. The zero-order valence-corrected chi connectivity index (χ0v) is 36.5. The predicted octanol–water partition coefficient (Wildman–Crippen LogP) is 6.29. The minimum absolute atomic E-state index is 0.0942. The van der Waals surface area contributed by atoms with Crippen LogP contribution in [0.25, 0.3) is 34.7 Å². The van der Waals surface area contributed by atoms with Crippen LogP contribution < -0.4 is 25.8 Å². The van der Waals surface area contributed by atoms with Crippen LogP contribution >= 0.6 is 23.5 Å². The number of amides is 5. The van der Waals surface area contributed by atoms with Crippen molar-refractivity contribution in [3.63, 3.8) is 0 Å². The largest absolute Gasteiger partial charge is 0.354 e. The van der Waals surface area contributed by atoms with Gasteiger partial charge >= 0.3 is 0 Å². The SMILES string of the molecule is O=C1NC(=O)/C(=C/c2ccc(F)c(-c3cncc(N4CCCN(C(=O)Cc5ccccc5)CC4)n3)c2)S1.O=C1NC(=O)/C(=C/c2ccc(F)c(-c3cncc(N4CCCNCC4)n3)c2)S1. The number of nitrogens with zero attached hydrogens (tertiary/aromatic N) is 7. The number of hydrogen-bond acceptors (Lipinski definition) is 14. The maximum atomic E-state index is 14.8. The molecule has 0 bridgehead atoms. The van der Waals surface area contributed by atoms with Crippen LogP contribution in [0.2, 0.25) is 0 Å². The van der Waals surface area contributed by atoms with Crippen molar-refractivity contribution < 1.29 is 32.8 Å². The van der Waals surface area contributed by atoms with E-state index in [1.54, 1.807) is 42.7 Å². The van der Waals surface area contributed by atoms with Gasteiger partial charge in [-0.25, -0.2) is 18.7 Å². The molecule has 0 saturated carbocycles. The molecule has 0 aliphatic carbocycles. The van der Waals surface area contributed by atoms with Crippen LogP contribution in [-0.2, 0) is 20.8 Å². The zero-order valence-electron chi connectivity index (χ0n) is 34.8. The van der Waals surface area contributed by atoms with Gasteiger partial charge < -0.3 is 20.0 Å². The van der Waals surface area contributed by atoms with E-state index in [9.17, 15) is 32.8 Å². The van der Waals surface area contributed by atoms with E-state index in [4.69, 9.17) is 0 Å². The summed E-state index contributed by atoms with van der Waals surface area (Å²) in [4.78, 5) is 83.6. The Balaban J connectivity index is 0.000000184. The maximum Gasteiger partial charge on any atom is 0.290 e. The summed E-state index contributed by atoms with van der Waals surface area (Å²) < 4.78 is 29.3. The molecule has 65 heavy (non-hydrogen) atoms. The highest BCUT2D eigenvalue weighted by atomic mass is 32.2. The summed E-state index contributed by atoms with van der Waals surface area (Å²) in [6.07, 6.45) is 11.6. The van der Waals surface area contributed by atoms with E-state index in [1.807, 2.05) is 35.2 Å². The number of aromatic nitrogens is 4. The van der Waals surface area contributed by atoms with Gasteiger partial charge in [-0.1, -0.05) is 42.5 Å². The van der Waals surface area contributed by atoms with E-state index >= 15 is 0 Å². The highest BCUT2D eigenvalue weighted by molar-refractivity contribution is 8.18. The highest BCUT2D eigenvalue weighted by Crippen LogP contribution is 2.31. The van der Waals surface area contributed by atoms with Gasteiger partial charge in [-0.15, -0.1) is 0 Å². The molecule has 4 aliphatic heterocycles. The molecule has 332 valence electrons. The number of anilines is 2. The van der Waals surface area contributed by atoms with Gasteiger partial charge in [-0.05, 0) is 96.0 Å². The smallest absolute Gasteiger partial charge is 0.290 e. The molecule has 4 aliphatic rings. The van der Waals surface area contributed by atoms with Gasteiger partial charge in [0.05, 0.1) is 52.4 Å². The minimum Gasteiger partial charge on any atom is -0.354 e. The normalized spacial score (nSPS) is 18.0. The van der Waals surface area contributed by atoms with Crippen LogP contribution in [0.15, 0.2) is 101 Å². The molecule has 0 radical (unpaired) electrons. The molecule has 5 aromatic rings. The molecule has 15 nitrogen and oxygen atoms in total. The molecular weight excluding hydrogens is 875 g/mol. The third-order valence-electron chi connectivity index (χ3n) is 10.7. The molecule has 19 heteroatoms. The third-order valence-corrected chi connectivity index (χ3v) is 12.3. The summed E-state index contributed by atoms with van der Waals surface area (Å²) >= 11 is 1.63. The van der Waals surface area contributed by atoms with Gasteiger partial charge in [-0.2, -0.15) is 0 Å². The Labute approximate surface area is 381 Å². The quantitative estimate of drug-likeness (QED) is 0.148. The molecule has 5 amide bonds. The molecule has 0 spiro atoms. The summed E-state index contributed by atoms with van der Waals surface area (Å²) in [5.74, 6) is -0.406. The molecule has 3 aromatic carbocycles. The topological polar surface area (TPSA) is 183 Å². The van der Waals surface area contributed by atoms with Gasteiger partial charge in [0.15, 0.2) is 0 Å². The Kier molecular flexibility index (Phi) is 14.3. The van der Waals surface area contributed by atoms with Crippen molar-refractivity contribution in [1.82, 2.24) is 40.8 Å². The number of benzene rings is 3. The van der Waals surface area contributed by atoms with Gasteiger partial charge in [-0.3, -0.25) is 44.6 Å².